The SMILES string of the molecule is N#Cc1cc(-n2c3ccccc3c3c4c(ccc32)-c2ccccc2C4(c2ccccc2)c2ccccc2)c(C#N)c(-n2c3ccccc3c3c4c(ccc32)-c2ccccc2C4(c2ccccc2)c2ccccc2)c1. The van der Waals surface area contributed by atoms with Gasteiger partial charge in [-0.05, 0) is 103 Å². The third-order valence-corrected chi connectivity index (χ3v) is 16.3. The molecule has 74 heavy (non-hydrogen) atoms. The van der Waals surface area contributed by atoms with Crippen molar-refractivity contribution < 1.29 is 0 Å². The second-order valence-electron chi connectivity index (χ2n) is 19.6. The van der Waals surface area contributed by atoms with Crippen LogP contribution >= 0.6 is 0 Å². The molecule has 2 aliphatic rings. The lowest BCUT2D eigenvalue weighted by atomic mass is 9.67. The van der Waals surface area contributed by atoms with Crippen molar-refractivity contribution in [2.24, 2.45) is 0 Å². The van der Waals surface area contributed by atoms with Crippen molar-refractivity contribution in [3.8, 4) is 45.8 Å². The van der Waals surface area contributed by atoms with E-state index in [4.69, 9.17) is 0 Å². The zero-order valence-corrected chi connectivity index (χ0v) is 40.0. The van der Waals surface area contributed by atoms with E-state index in [1.54, 1.807) is 0 Å². The molecule has 0 saturated carbocycles. The Bertz CT molecular complexity index is 4190. The van der Waals surface area contributed by atoms with Crippen molar-refractivity contribution in [1.29, 1.82) is 10.5 Å². The third kappa shape index (κ3) is 5.33. The van der Waals surface area contributed by atoms with Crippen molar-refractivity contribution in [2.45, 2.75) is 10.8 Å². The molecule has 0 atom stereocenters. The Morgan fingerprint density at radius 1 is 0.311 bits per heavy atom. The highest BCUT2D eigenvalue weighted by Gasteiger charge is 2.49. The van der Waals surface area contributed by atoms with Crippen LogP contribution in [0.5, 0.6) is 0 Å². The fraction of sp³-hybridized carbons (Fsp3) is 0.0286. The van der Waals surface area contributed by atoms with Gasteiger partial charge in [-0.25, -0.2) is 0 Å². The Morgan fingerprint density at radius 3 is 1.04 bits per heavy atom. The maximum absolute atomic E-state index is 11.9. The second kappa shape index (κ2) is 15.7. The summed E-state index contributed by atoms with van der Waals surface area (Å²) in [5.74, 6) is 0. The van der Waals surface area contributed by atoms with E-state index in [9.17, 15) is 10.5 Å². The maximum Gasteiger partial charge on any atom is 0.104 e. The Labute approximate surface area is 428 Å². The number of rotatable bonds is 6. The van der Waals surface area contributed by atoms with E-state index in [0.717, 1.165) is 43.6 Å². The molecule has 2 heterocycles. The van der Waals surface area contributed by atoms with Crippen LogP contribution in [0.25, 0.3) is 77.2 Å². The largest absolute Gasteiger partial charge is 0.308 e. The molecule has 2 aliphatic carbocycles. The minimum Gasteiger partial charge on any atom is -0.308 e. The van der Waals surface area contributed by atoms with Crippen molar-refractivity contribution in [3.63, 3.8) is 0 Å². The standard InChI is InChI=1S/C70H42N4/c71-43-45-41-63(73-59-35-19-15-31-54(59)65-61(73)39-37-52-50-29-13-17-33-57(50)69(67(52)65,46-21-5-1-6-22-46)47-23-7-2-8-24-47)56(44-72)64(42-45)74-60-36-20-16-32-55(60)66-62(74)40-38-53-51-30-14-18-34-58(51)70(68(53)66,48-25-9-3-10-26-48)49-27-11-4-12-28-49/h1-42H. The van der Waals surface area contributed by atoms with E-state index in [0.29, 0.717) is 22.5 Å². The van der Waals surface area contributed by atoms with Crippen molar-refractivity contribution >= 4 is 43.6 Å². The summed E-state index contributed by atoms with van der Waals surface area (Å²) in [5, 5.41) is 27.4. The van der Waals surface area contributed by atoms with Crippen molar-refractivity contribution in [2.75, 3.05) is 0 Å². The lowest BCUT2D eigenvalue weighted by Crippen LogP contribution is -2.28. The summed E-state index contributed by atoms with van der Waals surface area (Å²) in [4.78, 5) is 0. The second-order valence-corrected chi connectivity index (χ2v) is 19.6. The van der Waals surface area contributed by atoms with Crippen LogP contribution in [0.1, 0.15) is 55.6 Å². The highest BCUT2D eigenvalue weighted by molar-refractivity contribution is 6.17. The molecule has 4 nitrogen and oxygen atoms in total. The van der Waals surface area contributed by atoms with E-state index < -0.39 is 10.8 Å². The first kappa shape index (κ1) is 41.8. The summed E-state index contributed by atoms with van der Waals surface area (Å²) in [6.07, 6.45) is 0. The predicted molar refractivity (Wildman–Crippen MR) is 299 cm³/mol. The van der Waals surface area contributed by atoms with Gasteiger partial charge in [0.2, 0.25) is 0 Å². The molecule has 4 heteroatoms. The van der Waals surface area contributed by atoms with Crippen molar-refractivity contribution in [3.05, 3.63) is 310 Å². The molecule has 0 bridgehead atoms. The van der Waals surface area contributed by atoms with Crippen LogP contribution in [-0.2, 0) is 10.8 Å². The zero-order chi connectivity index (χ0) is 49.1. The number of benzene rings is 11. The molecule has 0 fully saturated rings. The third-order valence-electron chi connectivity index (χ3n) is 16.3. The fourth-order valence-corrected chi connectivity index (χ4v) is 13.7. The highest BCUT2D eigenvalue weighted by Crippen LogP contribution is 2.61. The number of hydrogen-bond acceptors (Lipinski definition) is 2. The molecule has 2 aromatic heterocycles. The van der Waals surface area contributed by atoms with Gasteiger partial charge in [0, 0.05) is 21.5 Å². The Hall–Kier alpha value is -10.0. The number of aromatic nitrogens is 2. The van der Waals surface area contributed by atoms with Gasteiger partial charge in [-0.15, -0.1) is 0 Å². The minimum atomic E-state index is -0.668. The number of nitrogens with zero attached hydrogens (tertiary/aromatic N) is 4. The summed E-state index contributed by atoms with van der Waals surface area (Å²) in [6, 6.07) is 96.6. The van der Waals surface area contributed by atoms with Crippen LogP contribution in [0.2, 0.25) is 0 Å². The molecule has 0 amide bonds. The molecular weight excluding hydrogens is 897 g/mol. The van der Waals surface area contributed by atoms with Crippen molar-refractivity contribution in [1.82, 2.24) is 9.13 Å². The molecule has 13 aromatic rings. The first-order valence-electron chi connectivity index (χ1n) is 25.2. The normalized spacial score (nSPS) is 13.6. The summed E-state index contributed by atoms with van der Waals surface area (Å²) in [5.41, 5.74) is 19.0. The highest BCUT2D eigenvalue weighted by atomic mass is 15.0. The van der Waals surface area contributed by atoms with Gasteiger partial charge < -0.3 is 9.13 Å². The molecule has 342 valence electrons. The Morgan fingerprint density at radius 2 is 0.662 bits per heavy atom. The predicted octanol–water partition coefficient (Wildman–Crippen LogP) is 16.4. The monoisotopic (exact) mass is 938 g/mol. The average molecular weight is 939 g/mol. The first-order valence-corrected chi connectivity index (χ1v) is 25.2. The molecule has 0 aliphatic heterocycles. The molecule has 0 saturated heterocycles. The number of fused-ring (bicyclic) bond motifs is 14. The van der Waals surface area contributed by atoms with E-state index in [1.807, 2.05) is 12.1 Å². The van der Waals surface area contributed by atoms with Crippen LogP contribution < -0.4 is 0 Å². The fourth-order valence-electron chi connectivity index (χ4n) is 13.7. The van der Waals surface area contributed by atoms with Crippen LogP contribution in [0.15, 0.2) is 255 Å². The lowest BCUT2D eigenvalue weighted by molar-refractivity contribution is 0.776. The maximum atomic E-state index is 11.9. The zero-order valence-electron chi connectivity index (χ0n) is 40.0. The van der Waals surface area contributed by atoms with Gasteiger partial charge in [0.25, 0.3) is 0 Å². The Kier molecular flexibility index (Phi) is 8.89. The topological polar surface area (TPSA) is 57.4 Å². The smallest absolute Gasteiger partial charge is 0.104 e. The van der Waals surface area contributed by atoms with E-state index in [2.05, 4.69) is 264 Å². The van der Waals surface area contributed by atoms with E-state index >= 15 is 0 Å². The minimum absolute atomic E-state index is 0.457. The number of nitriles is 2. The average Bonchev–Trinajstić information content (AvgIpc) is 4.19. The number of hydrogen-bond donors (Lipinski definition) is 0. The van der Waals surface area contributed by atoms with E-state index in [1.165, 1.54) is 66.8 Å². The molecular formula is C70H42N4. The lowest BCUT2D eigenvalue weighted by Gasteiger charge is -2.34. The summed E-state index contributed by atoms with van der Waals surface area (Å²) in [6.45, 7) is 0. The van der Waals surface area contributed by atoms with E-state index in [-0.39, 0.29) is 0 Å². The summed E-state index contributed by atoms with van der Waals surface area (Å²) >= 11 is 0. The van der Waals surface area contributed by atoms with Crippen LogP contribution in [-0.4, -0.2) is 9.13 Å². The van der Waals surface area contributed by atoms with Gasteiger partial charge in [0.15, 0.2) is 0 Å². The summed E-state index contributed by atoms with van der Waals surface area (Å²) in [7, 11) is 0. The van der Waals surface area contributed by atoms with Gasteiger partial charge in [0.1, 0.15) is 11.6 Å². The van der Waals surface area contributed by atoms with Gasteiger partial charge in [0.05, 0.1) is 55.9 Å². The van der Waals surface area contributed by atoms with Crippen LogP contribution in [0, 0.1) is 22.7 Å². The molecule has 0 unspecified atom stereocenters. The van der Waals surface area contributed by atoms with Crippen LogP contribution in [0.4, 0.5) is 0 Å². The van der Waals surface area contributed by atoms with Gasteiger partial charge in [-0.3, -0.25) is 0 Å². The molecule has 11 aromatic carbocycles. The molecule has 0 N–H and O–H groups in total. The Balaban J connectivity index is 1.06. The summed E-state index contributed by atoms with van der Waals surface area (Å²) < 4.78 is 4.49. The number of para-hydroxylation sites is 2. The molecule has 0 radical (unpaired) electrons. The van der Waals surface area contributed by atoms with Crippen LogP contribution in [0.3, 0.4) is 0 Å². The van der Waals surface area contributed by atoms with Gasteiger partial charge >= 0.3 is 0 Å². The molecule has 0 spiro atoms. The first-order chi connectivity index (χ1) is 36.7. The van der Waals surface area contributed by atoms with Gasteiger partial charge in [-0.1, -0.05) is 218 Å². The quantitative estimate of drug-likeness (QED) is 0.167. The van der Waals surface area contributed by atoms with Gasteiger partial charge in [-0.2, -0.15) is 10.5 Å². The molecule has 15 rings (SSSR count).